The third-order valence-corrected chi connectivity index (χ3v) is 4.65. The van der Waals surface area contributed by atoms with Gasteiger partial charge in [0, 0.05) is 22.7 Å². The summed E-state index contributed by atoms with van der Waals surface area (Å²) < 4.78 is 11.4. The maximum Gasteiger partial charge on any atom is 0.134 e. The lowest BCUT2D eigenvalue weighted by Gasteiger charge is -2.06. The number of hydrogen-bond acceptors (Lipinski definition) is 4. The third-order valence-electron chi connectivity index (χ3n) is 4.65. The monoisotopic (exact) mass is 362 g/mol. The van der Waals surface area contributed by atoms with Gasteiger partial charge in [0.1, 0.15) is 23.0 Å². The molecule has 0 atom stereocenters. The number of ether oxygens (including phenoxy) is 1. The zero-order chi connectivity index (χ0) is 18.6. The Kier molecular flexibility index (Phi) is 4.85. The van der Waals surface area contributed by atoms with Crippen LogP contribution in [-0.4, -0.2) is 23.7 Å². The molecule has 4 aromatic rings. The molecular weight excluding hydrogens is 340 g/mol. The smallest absolute Gasteiger partial charge is 0.134 e. The largest absolute Gasteiger partial charge is 0.508 e. The Morgan fingerprint density at radius 3 is 2.74 bits per heavy atom. The molecule has 27 heavy (non-hydrogen) atoms. The molecule has 5 heteroatoms. The standard InChI is InChI=1S/C22H22N2O3/c1-26-21-4-2-3-19-22(21)16(13-24-19)11-12-23-14-18-9-10-20(27-18)15-5-7-17(25)8-6-15/h2-10,13,23-25H,11-12,14H2,1H3. The number of furan rings is 1. The average molecular weight is 362 g/mol. The van der Waals surface area contributed by atoms with Gasteiger partial charge in [-0.25, -0.2) is 0 Å². The number of phenols is 1. The fourth-order valence-corrected chi connectivity index (χ4v) is 3.28. The van der Waals surface area contributed by atoms with Crippen LogP contribution in [0.2, 0.25) is 0 Å². The normalized spacial score (nSPS) is 11.1. The van der Waals surface area contributed by atoms with Crippen molar-refractivity contribution in [2.24, 2.45) is 0 Å². The number of methoxy groups -OCH3 is 1. The van der Waals surface area contributed by atoms with Crippen molar-refractivity contribution < 1.29 is 14.3 Å². The predicted molar refractivity (Wildman–Crippen MR) is 106 cm³/mol. The molecule has 0 fully saturated rings. The van der Waals surface area contributed by atoms with Crippen molar-refractivity contribution in [1.29, 1.82) is 0 Å². The highest BCUT2D eigenvalue weighted by molar-refractivity contribution is 5.89. The van der Waals surface area contributed by atoms with Gasteiger partial charge in [0.25, 0.3) is 0 Å². The minimum Gasteiger partial charge on any atom is -0.508 e. The van der Waals surface area contributed by atoms with Crippen LogP contribution in [0.15, 0.2) is 65.2 Å². The van der Waals surface area contributed by atoms with Crippen molar-refractivity contribution in [3.63, 3.8) is 0 Å². The topological polar surface area (TPSA) is 70.4 Å². The number of fused-ring (bicyclic) bond motifs is 1. The summed E-state index contributed by atoms with van der Waals surface area (Å²) in [5.41, 5.74) is 3.28. The van der Waals surface area contributed by atoms with E-state index in [1.54, 1.807) is 19.2 Å². The highest BCUT2D eigenvalue weighted by Crippen LogP contribution is 2.28. The summed E-state index contributed by atoms with van der Waals surface area (Å²) in [6.45, 7) is 1.50. The maximum absolute atomic E-state index is 9.38. The Hall–Kier alpha value is -3.18. The number of phenolic OH excluding ortho intramolecular Hbond substituents is 1. The van der Waals surface area contributed by atoms with E-state index < -0.39 is 0 Å². The fraction of sp³-hybridized carbons (Fsp3) is 0.182. The molecule has 4 rings (SSSR count). The van der Waals surface area contributed by atoms with Gasteiger partial charge < -0.3 is 24.6 Å². The molecule has 2 aromatic heterocycles. The van der Waals surface area contributed by atoms with Gasteiger partial charge in [0.2, 0.25) is 0 Å². The minimum atomic E-state index is 0.251. The Morgan fingerprint density at radius 1 is 1.07 bits per heavy atom. The van der Waals surface area contributed by atoms with Crippen LogP contribution in [-0.2, 0) is 13.0 Å². The van der Waals surface area contributed by atoms with E-state index >= 15 is 0 Å². The molecule has 2 heterocycles. The highest BCUT2D eigenvalue weighted by Gasteiger charge is 2.09. The molecule has 0 amide bonds. The van der Waals surface area contributed by atoms with Crippen molar-refractivity contribution in [1.82, 2.24) is 10.3 Å². The number of hydrogen-bond donors (Lipinski definition) is 3. The second-order valence-corrected chi connectivity index (χ2v) is 6.44. The van der Waals surface area contributed by atoms with Crippen LogP contribution in [0.1, 0.15) is 11.3 Å². The first-order chi connectivity index (χ1) is 13.2. The van der Waals surface area contributed by atoms with Gasteiger partial charge in [0.05, 0.1) is 13.7 Å². The number of aromatic hydroxyl groups is 1. The second-order valence-electron chi connectivity index (χ2n) is 6.44. The third kappa shape index (κ3) is 3.68. The van der Waals surface area contributed by atoms with Crippen LogP contribution in [0.5, 0.6) is 11.5 Å². The van der Waals surface area contributed by atoms with Crippen molar-refractivity contribution in [3.05, 3.63) is 72.1 Å². The highest BCUT2D eigenvalue weighted by atomic mass is 16.5. The van der Waals surface area contributed by atoms with Crippen molar-refractivity contribution in [3.8, 4) is 22.8 Å². The summed E-state index contributed by atoms with van der Waals surface area (Å²) in [6.07, 6.45) is 2.94. The number of H-pyrrole nitrogens is 1. The fourth-order valence-electron chi connectivity index (χ4n) is 3.28. The molecule has 2 aromatic carbocycles. The van der Waals surface area contributed by atoms with Gasteiger partial charge in [-0.05, 0) is 67.1 Å². The number of aromatic amines is 1. The molecule has 0 bridgehead atoms. The Balaban J connectivity index is 1.35. The first-order valence-corrected chi connectivity index (χ1v) is 8.96. The zero-order valence-corrected chi connectivity index (χ0v) is 15.2. The molecule has 0 saturated carbocycles. The van der Waals surface area contributed by atoms with Crippen LogP contribution in [0, 0.1) is 0 Å². The van der Waals surface area contributed by atoms with Gasteiger partial charge in [-0.1, -0.05) is 6.07 Å². The van der Waals surface area contributed by atoms with Gasteiger partial charge in [0.15, 0.2) is 0 Å². The van der Waals surface area contributed by atoms with Gasteiger partial charge >= 0.3 is 0 Å². The molecule has 0 aliphatic rings. The molecule has 3 N–H and O–H groups in total. The molecule has 138 valence electrons. The number of aromatic nitrogens is 1. The quantitative estimate of drug-likeness (QED) is 0.424. The van der Waals surface area contributed by atoms with Crippen molar-refractivity contribution in [2.45, 2.75) is 13.0 Å². The van der Waals surface area contributed by atoms with E-state index in [0.717, 1.165) is 46.7 Å². The van der Waals surface area contributed by atoms with Crippen molar-refractivity contribution >= 4 is 10.9 Å². The summed E-state index contributed by atoms with van der Waals surface area (Å²) in [7, 11) is 1.70. The van der Waals surface area contributed by atoms with E-state index in [2.05, 4.69) is 16.4 Å². The summed E-state index contributed by atoms with van der Waals surface area (Å²) >= 11 is 0. The van der Waals surface area contributed by atoms with Crippen LogP contribution >= 0.6 is 0 Å². The number of benzene rings is 2. The summed E-state index contributed by atoms with van der Waals surface area (Å²) in [4.78, 5) is 3.30. The van der Waals surface area contributed by atoms with Crippen molar-refractivity contribution in [2.75, 3.05) is 13.7 Å². The lowest BCUT2D eigenvalue weighted by atomic mass is 10.1. The molecule has 0 aliphatic carbocycles. The van der Waals surface area contributed by atoms with E-state index in [0.29, 0.717) is 6.54 Å². The average Bonchev–Trinajstić information content (AvgIpc) is 3.33. The SMILES string of the molecule is COc1cccc2[nH]cc(CCNCc3ccc(-c4ccc(O)cc4)o3)c12. The Labute approximate surface area is 157 Å². The molecule has 5 nitrogen and oxygen atoms in total. The minimum absolute atomic E-state index is 0.251. The summed E-state index contributed by atoms with van der Waals surface area (Å²) in [5, 5.41) is 14.0. The first-order valence-electron chi connectivity index (χ1n) is 8.96. The number of rotatable bonds is 7. The molecule has 0 aliphatic heterocycles. The number of nitrogens with one attached hydrogen (secondary N) is 2. The lowest BCUT2D eigenvalue weighted by Crippen LogP contribution is -2.16. The zero-order valence-electron chi connectivity index (χ0n) is 15.2. The second kappa shape index (κ2) is 7.60. The van der Waals surface area contributed by atoms with Crippen LogP contribution in [0.25, 0.3) is 22.2 Å². The maximum atomic E-state index is 9.38. The van der Waals surface area contributed by atoms with Crippen LogP contribution in [0.4, 0.5) is 0 Å². The van der Waals surface area contributed by atoms with E-state index in [1.807, 2.05) is 42.6 Å². The molecule has 0 radical (unpaired) electrons. The molecule has 0 unspecified atom stereocenters. The van der Waals surface area contributed by atoms with E-state index in [4.69, 9.17) is 9.15 Å². The van der Waals surface area contributed by atoms with Gasteiger partial charge in [-0.15, -0.1) is 0 Å². The van der Waals surface area contributed by atoms with E-state index in [9.17, 15) is 5.11 Å². The first kappa shape index (κ1) is 17.2. The Bertz CT molecular complexity index is 1030. The lowest BCUT2D eigenvalue weighted by molar-refractivity contribution is 0.419. The molecule has 0 spiro atoms. The molecular formula is C22H22N2O3. The summed E-state index contributed by atoms with van der Waals surface area (Å²) in [6, 6.07) is 17.0. The van der Waals surface area contributed by atoms with Gasteiger partial charge in [-0.2, -0.15) is 0 Å². The van der Waals surface area contributed by atoms with Crippen LogP contribution < -0.4 is 10.1 Å². The van der Waals surface area contributed by atoms with Crippen LogP contribution in [0.3, 0.4) is 0 Å². The molecule has 0 saturated heterocycles. The predicted octanol–water partition coefficient (Wildman–Crippen LogP) is 4.47. The van der Waals surface area contributed by atoms with E-state index in [1.165, 1.54) is 5.56 Å². The van der Waals surface area contributed by atoms with E-state index in [-0.39, 0.29) is 5.75 Å². The summed E-state index contributed by atoms with van der Waals surface area (Å²) in [5.74, 6) is 2.83. The van der Waals surface area contributed by atoms with Gasteiger partial charge in [-0.3, -0.25) is 0 Å². The Morgan fingerprint density at radius 2 is 1.93 bits per heavy atom.